The molecular formula is C14H19N5OS. The zero-order chi connectivity index (χ0) is 15.4. The van der Waals surface area contributed by atoms with Gasteiger partial charge in [0.2, 0.25) is 5.13 Å². The van der Waals surface area contributed by atoms with Gasteiger partial charge in [0.1, 0.15) is 10.8 Å². The topological polar surface area (TPSA) is 79.8 Å². The maximum Gasteiger partial charge on any atom is 0.257 e. The van der Waals surface area contributed by atoms with Crippen LogP contribution >= 0.6 is 11.3 Å². The molecule has 2 heterocycles. The zero-order valence-corrected chi connectivity index (χ0v) is 13.4. The third kappa shape index (κ3) is 4.22. The molecule has 1 amide bonds. The summed E-state index contributed by atoms with van der Waals surface area (Å²) in [6.07, 6.45) is 0.867. The number of aromatic nitrogens is 3. The van der Waals surface area contributed by atoms with Crippen molar-refractivity contribution in [3.05, 3.63) is 28.4 Å². The summed E-state index contributed by atoms with van der Waals surface area (Å²) in [5.74, 6) is 0.977. The van der Waals surface area contributed by atoms with Gasteiger partial charge in [0.05, 0.1) is 0 Å². The van der Waals surface area contributed by atoms with Crippen LogP contribution in [0.2, 0.25) is 0 Å². The summed E-state index contributed by atoms with van der Waals surface area (Å²) in [6.45, 7) is 6.10. The number of aryl methyl sites for hydroxylation is 1. The van der Waals surface area contributed by atoms with Crippen LogP contribution in [0.1, 0.15) is 34.9 Å². The first kappa shape index (κ1) is 15.4. The Bertz CT molecular complexity index is 638. The molecule has 2 aromatic rings. The van der Waals surface area contributed by atoms with E-state index in [0.717, 1.165) is 17.1 Å². The van der Waals surface area contributed by atoms with Crippen LogP contribution in [-0.4, -0.2) is 28.1 Å². The largest absolute Gasteiger partial charge is 0.373 e. The second-order valence-corrected chi connectivity index (χ2v) is 6.25. The van der Waals surface area contributed by atoms with E-state index in [9.17, 15) is 4.79 Å². The summed E-state index contributed by atoms with van der Waals surface area (Å²) in [4.78, 5) is 16.5. The fourth-order valence-electron chi connectivity index (χ4n) is 1.83. The Balaban J connectivity index is 2.10. The van der Waals surface area contributed by atoms with Gasteiger partial charge in [-0.3, -0.25) is 10.1 Å². The molecule has 7 heteroatoms. The maximum atomic E-state index is 12.2. The van der Waals surface area contributed by atoms with Crippen LogP contribution in [0.15, 0.2) is 12.1 Å². The Kier molecular flexibility index (Phi) is 4.85. The predicted octanol–water partition coefficient (Wildman–Crippen LogP) is 2.73. The van der Waals surface area contributed by atoms with E-state index in [1.807, 2.05) is 6.92 Å². The number of nitrogens with zero attached hydrogens (tertiary/aromatic N) is 3. The van der Waals surface area contributed by atoms with E-state index < -0.39 is 0 Å². The number of hydrogen-bond donors (Lipinski definition) is 2. The summed E-state index contributed by atoms with van der Waals surface area (Å²) in [5, 5.41) is 15.3. The molecule has 112 valence electrons. The second kappa shape index (κ2) is 6.62. The molecule has 0 bridgehead atoms. The third-order valence-electron chi connectivity index (χ3n) is 2.74. The van der Waals surface area contributed by atoms with Gasteiger partial charge in [0.25, 0.3) is 5.91 Å². The van der Waals surface area contributed by atoms with Gasteiger partial charge in [-0.15, -0.1) is 10.2 Å². The number of carbonyl (C=O) groups is 1. The minimum atomic E-state index is -0.204. The normalized spacial score (nSPS) is 10.7. The van der Waals surface area contributed by atoms with Crippen LogP contribution in [0.5, 0.6) is 0 Å². The van der Waals surface area contributed by atoms with Crippen LogP contribution in [0.4, 0.5) is 10.9 Å². The quantitative estimate of drug-likeness (QED) is 0.888. The Morgan fingerprint density at radius 3 is 2.76 bits per heavy atom. The van der Waals surface area contributed by atoms with Crippen molar-refractivity contribution in [3.8, 4) is 0 Å². The highest BCUT2D eigenvalue weighted by Crippen LogP contribution is 2.19. The second-order valence-electron chi connectivity index (χ2n) is 5.19. The van der Waals surface area contributed by atoms with Gasteiger partial charge in [-0.05, 0) is 25.0 Å². The van der Waals surface area contributed by atoms with Crippen molar-refractivity contribution in [2.75, 3.05) is 17.7 Å². The first-order valence-electron chi connectivity index (χ1n) is 6.78. The Morgan fingerprint density at radius 2 is 2.10 bits per heavy atom. The number of rotatable bonds is 5. The van der Waals surface area contributed by atoms with E-state index in [-0.39, 0.29) is 5.91 Å². The minimum Gasteiger partial charge on any atom is -0.373 e. The maximum absolute atomic E-state index is 12.2. The number of pyridine rings is 1. The van der Waals surface area contributed by atoms with E-state index in [4.69, 9.17) is 0 Å². The summed E-state index contributed by atoms with van der Waals surface area (Å²) >= 11 is 1.41. The van der Waals surface area contributed by atoms with E-state index in [1.165, 1.54) is 11.3 Å². The molecular weight excluding hydrogens is 286 g/mol. The molecule has 21 heavy (non-hydrogen) atoms. The lowest BCUT2D eigenvalue weighted by molar-refractivity contribution is 0.102. The first-order valence-corrected chi connectivity index (χ1v) is 7.59. The number of nitrogens with one attached hydrogen (secondary N) is 2. The van der Waals surface area contributed by atoms with Crippen molar-refractivity contribution in [1.82, 2.24) is 15.2 Å². The molecule has 2 rings (SSSR count). The zero-order valence-electron chi connectivity index (χ0n) is 12.6. The molecule has 0 unspecified atom stereocenters. The lowest BCUT2D eigenvalue weighted by Gasteiger charge is -2.05. The van der Waals surface area contributed by atoms with E-state index in [2.05, 4.69) is 39.7 Å². The van der Waals surface area contributed by atoms with Crippen molar-refractivity contribution in [3.63, 3.8) is 0 Å². The van der Waals surface area contributed by atoms with E-state index in [1.54, 1.807) is 19.2 Å². The molecule has 0 radical (unpaired) electrons. The van der Waals surface area contributed by atoms with Gasteiger partial charge in [-0.1, -0.05) is 25.2 Å². The minimum absolute atomic E-state index is 0.204. The van der Waals surface area contributed by atoms with E-state index >= 15 is 0 Å². The van der Waals surface area contributed by atoms with Crippen LogP contribution in [0, 0.1) is 12.8 Å². The van der Waals surface area contributed by atoms with Crippen molar-refractivity contribution in [2.24, 2.45) is 5.92 Å². The average molecular weight is 305 g/mol. The van der Waals surface area contributed by atoms with Gasteiger partial charge in [0, 0.05) is 24.7 Å². The first-order chi connectivity index (χ1) is 9.97. The predicted molar refractivity (Wildman–Crippen MR) is 84.9 cm³/mol. The van der Waals surface area contributed by atoms with Gasteiger partial charge >= 0.3 is 0 Å². The lowest BCUT2D eigenvalue weighted by atomic mass is 10.1. The molecule has 6 nitrogen and oxygen atoms in total. The van der Waals surface area contributed by atoms with Crippen molar-refractivity contribution in [2.45, 2.75) is 27.2 Å². The number of anilines is 2. The molecule has 2 N–H and O–H groups in total. The third-order valence-corrected chi connectivity index (χ3v) is 3.60. The Labute approximate surface area is 128 Å². The van der Waals surface area contributed by atoms with Crippen LogP contribution < -0.4 is 10.6 Å². The van der Waals surface area contributed by atoms with Crippen LogP contribution in [0.25, 0.3) is 0 Å². The molecule has 0 aliphatic carbocycles. The van der Waals surface area contributed by atoms with Gasteiger partial charge < -0.3 is 5.32 Å². The standard InChI is InChI=1S/C14H19N5OS/c1-8(2)5-12-18-19-14(21-12)17-13(20)10-6-9(3)16-11(7-10)15-4/h6-8H,5H2,1-4H3,(H,15,16)(H,17,19,20). The Hall–Kier alpha value is -2.02. The molecule has 2 aromatic heterocycles. The molecule has 0 aliphatic rings. The fourth-order valence-corrected chi connectivity index (χ4v) is 2.78. The van der Waals surface area contributed by atoms with Crippen LogP contribution in [-0.2, 0) is 6.42 Å². The summed E-state index contributed by atoms with van der Waals surface area (Å²) in [7, 11) is 1.77. The molecule has 0 fully saturated rings. The van der Waals surface area contributed by atoms with Crippen molar-refractivity contribution in [1.29, 1.82) is 0 Å². The number of carbonyl (C=O) groups excluding carboxylic acids is 1. The Morgan fingerprint density at radius 1 is 1.33 bits per heavy atom. The van der Waals surface area contributed by atoms with Gasteiger partial charge in [0.15, 0.2) is 0 Å². The summed E-state index contributed by atoms with van der Waals surface area (Å²) in [6, 6.07) is 3.45. The molecule has 0 saturated carbocycles. The highest BCUT2D eigenvalue weighted by atomic mass is 32.1. The van der Waals surface area contributed by atoms with Crippen molar-refractivity contribution < 1.29 is 4.79 Å². The SMILES string of the molecule is CNc1cc(C(=O)Nc2nnc(CC(C)C)s2)cc(C)n1. The molecule has 0 saturated heterocycles. The van der Waals surface area contributed by atoms with Gasteiger partial charge in [-0.2, -0.15) is 0 Å². The average Bonchev–Trinajstić information content (AvgIpc) is 2.84. The molecule has 0 aliphatic heterocycles. The van der Waals surface area contributed by atoms with Crippen molar-refractivity contribution >= 4 is 28.2 Å². The lowest BCUT2D eigenvalue weighted by Crippen LogP contribution is -2.13. The molecule has 0 atom stereocenters. The van der Waals surface area contributed by atoms with Crippen LogP contribution in [0.3, 0.4) is 0 Å². The summed E-state index contributed by atoms with van der Waals surface area (Å²) in [5.41, 5.74) is 1.33. The van der Waals surface area contributed by atoms with Gasteiger partial charge in [-0.25, -0.2) is 4.98 Å². The summed E-state index contributed by atoms with van der Waals surface area (Å²) < 4.78 is 0. The fraction of sp³-hybridized carbons (Fsp3) is 0.429. The van der Waals surface area contributed by atoms with E-state index in [0.29, 0.717) is 22.4 Å². The number of amides is 1. The number of hydrogen-bond acceptors (Lipinski definition) is 6. The molecule has 0 aromatic carbocycles. The molecule has 0 spiro atoms. The highest BCUT2D eigenvalue weighted by molar-refractivity contribution is 7.15. The smallest absolute Gasteiger partial charge is 0.257 e. The highest BCUT2D eigenvalue weighted by Gasteiger charge is 2.12. The monoisotopic (exact) mass is 305 g/mol.